The number of hydrogen-bond donors (Lipinski definition) is 2. The molecule has 0 spiro atoms. The summed E-state index contributed by atoms with van der Waals surface area (Å²) in [6.45, 7) is 6.59. The van der Waals surface area contributed by atoms with Crippen LogP contribution in [0, 0.1) is 5.92 Å². The summed E-state index contributed by atoms with van der Waals surface area (Å²) in [6, 6.07) is 6.42. The van der Waals surface area contributed by atoms with Gasteiger partial charge in [-0.1, -0.05) is 18.1 Å². The van der Waals surface area contributed by atoms with Crippen LogP contribution in [0.25, 0.3) is 0 Å². The molecule has 5 nitrogen and oxygen atoms in total. The molecule has 20 heavy (non-hydrogen) atoms. The molecule has 0 saturated carbocycles. The fourth-order valence-corrected chi connectivity index (χ4v) is 2.94. The highest BCUT2D eigenvalue weighted by Gasteiger charge is 2.26. The monoisotopic (exact) mass is 277 g/mol. The fraction of sp³-hybridized carbons (Fsp3) is 0.533. The number of likely N-dealkylation sites (tertiary alicyclic amines) is 1. The maximum atomic E-state index is 8.77. The van der Waals surface area contributed by atoms with Gasteiger partial charge in [-0.3, -0.25) is 4.90 Å². The fourth-order valence-electron chi connectivity index (χ4n) is 2.94. The number of benzene rings is 1. The van der Waals surface area contributed by atoms with E-state index in [0.29, 0.717) is 17.4 Å². The molecule has 0 radical (unpaired) electrons. The number of amidine groups is 1. The standard InChI is InChI=1S/C15H23N3O2/c1-10-6-11(2)18(8-10)9-12-4-5-13(15(16)17-19)14(7-12)20-3/h4-5,7,10-11,19H,6,8-9H2,1-3H3,(H2,16,17). The third-order valence-corrected chi connectivity index (χ3v) is 3.95. The number of ether oxygens (including phenoxy) is 1. The number of hydrogen-bond acceptors (Lipinski definition) is 4. The van der Waals surface area contributed by atoms with Crippen molar-refractivity contribution in [1.82, 2.24) is 4.90 Å². The van der Waals surface area contributed by atoms with E-state index in [9.17, 15) is 0 Å². The summed E-state index contributed by atoms with van der Waals surface area (Å²) >= 11 is 0. The second kappa shape index (κ2) is 6.13. The molecule has 0 bridgehead atoms. The zero-order valence-corrected chi connectivity index (χ0v) is 12.3. The van der Waals surface area contributed by atoms with E-state index in [2.05, 4.69) is 23.9 Å². The summed E-state index contributed by atoms with van der Waals surface area (Å²) in [4.78, 5) is 2.47. The van der Waals surface area contributed by atoms with E-state index in [-0.39, 0.29) is 5.84 Å². The van der Waals surface area contributed by atoms with Crippen molar-refractivity contribution in [2.75, 3.05) is 13.7 Å². The van der Waals surface area contributed by atoms with Crippen LogP contribution in [0.3, 0.4) is 0 Å². The number of rotatable bonds is 4. The van der Waals surface area contributed by atoms with Gasteiger partial charge in [0.15, 0.2) is 5.84 Å². The Morgan fingerprint density at radius 1 is 1.50 bits per heavy atom. The van der Waals surface area contributed by atoms with Gasteiger partial charge < -0.3 is 15.7 Å². The van der Waals surface area contributed by atoms with Gasteiger partial charge in [0.05, 0.1) is 12.7 Å². The molecule has 0 amide bonds. The molecule has 1 aromatic rings. The minimum Gasteiger partial charge on any atom is -0.496 e. The average Bonchev–Trinajstić information content (AvgIpc) is 2.75. The van der Waals surface area contributed by atoms with Crippen LogP contribution in [-0.4, -0.2) is 35.6 Å². The molecular weight excluding hydrogens is 254 g/mol. The smallest absolute Gasteiger partial charge is 0.173 e. The molecule has 0 aliphatic carbocycles. The van der Waals surface area contributed by atoms with E-state index < -0.39 is 0 Å². The minimum absolute atomic E-state index is 0.0663. The van der Waals surface area contributed by atoms with Crippen LogP contribution in [0.1, 0.15) is 31.4 Å². The van der Waals surface area contributed by atoms with Gasteiger partial charge in [0.2, 0.25) is 0 Å². The van der Waals surface area contributed by atoms with Gasteiger partial charge in [-0.25, -0.2) is 0 Å². The van der Waals surface area contributed by atoms with Crippen LogP contribution in [-0.2, 0) is 6.54 Å². The molecular formula is C15H23N3O2. The van der Waals surface area contributed by atoms with Crippen LogP contribution >= 0.6 is 0 Å². The molecule has 3 N–H and O–H groups in total. The largest absolute Gasteiger partial charge is 0.496 e. The first-order valence-corrected chi connectivity index (χ1v) is 6.94. The molecule has 1 aliphatic rings. The lowest BCUT2D eigenvalue weighted by atomic mass is 10.1. The maximum absolute atomic E-state index is 8.77. The summed E-state index contributed by atoms with van der Waals surface area (Å²) in [5, 5.41) is 11.8. The zero-order valence-electron chi connectivity index (χ0n) is 12.3. The number of nitrogens with two attached hydrogens (primary N) is 1. The molecule has 1 heterocycles. The molecule has 1 aliphatic heterocycles. The van der Waals surface area contributed by atoms with Gasteiger partial charge in [0.1, 0.15) is 5.75 Å². The maximum Gasteiger partial charge on any atom is 0.173 e. The third-order valence-electron chi connectivity index (χ3n) is 3.95. The zero-order chi connectivity index (χ0) is 14.7. The first-order valence-electron chi connectivity index (χ1n) is 6.94. The Kier molecular flexibility index (Phi) is 4.49. The van der Waals surface area contributed by atoms with Crippen LogP contribution < -0.4 is 10.5 Å². The van der Waals surface area contributed by atoms with Crippen LogP contribution in [0.15, 0.2) is 23.4 Å². The van der Waals surface area contributed by atoms with Gasteiger partial charge in [0.25, 0.3) is 0 Å². The summed E-state index contributed by atoms with van der Waals surface area (Å²) in [5.74, 6) is 1.46. The highest BCUT2D eigenvalue weighted by molar-refractivity contribution is 5.99. The molecule has 0 aromatic heterocycles. The summed E-state index contributed by atoms with van der Waals surface area (Å²) in [7, 11) is 1.59. The minimum atomic E-state index is 0.0663. The second-order valence-corrected chi connectivity index (χ2v) is 5.64. The Labute approximate surface area is 120 Å². The Balaban J connectivity index is 2.18. The molecule has 2 unspecified atom stereocenters. The van der Waals surface area contributed by atoms with Gasteiger partial charge in [-0.15, -0.1) is 0 Å². The molecule has 1 aromatic carbocycles. The van der Waals surface area contributed by atoms with Crippen molar-refractivity contribution in [3.05, 3.63) is 29.3 Å². The molecule has 1 fully saturated rings. The van der Waals surface area contributed by atoms with Crippen LogP contribution in [0.2, 0.25) is 0 Å². The highest BCUT2D eigenvalue weighted by atomic mass is 16.5. The van der Waals surface area contributed by atoms with E-state index >= 15 is 0 Å². The summed E-state index contributed by atoms with van der Waals surface area (Å²) in [5.41, 5.74) is 7.42. The van der Waals surface area contributed by atoms with Crippen molar-refractivity contribution in [2.24, 2.45) is 16.8 Å². The summed E-state index contributed by atoms with van der Waals surface area (Å²) in [6.07, 6.45) is 1.25. The van der Waals surface area contributed by atoms with Gasteiger partial charge in [0, 0.05) is 19.1 Å². The second-order valence-electron chi connectivity index (χ2n) is 5.64. The highest BCUT2D eigenvalue weighted by Crippen LogP contribution is 2.26. The number of nitrogens with zero attached hydrogens (tertiary/aromatic N) is 2. The lowest BCUT2D eigenvalue weighted by Crippen LogP contribution is -2.26. The normalized spacial score (nSPS) is 24.1. The quantitative estimate of drug-likeness (QED) is 0.382. The van der Waals surface area contributed by atoms with Crippen molar-refractivity contribution in [2.45, 2.75) is 32.9 Å². The Hall–Kier alpha value is -1.75. The number of methoxy groups -OCH3 is 1. The van der Waals surface area contributed by atoms with Gasteiger partial charge in [-0.05, 0) is 37.0 Å². The first kappa shape index (κ1) is 14.7. The molecule has 2 rings (SSSR count). The van der Waals surface area contributed by atoms with Gasteiger partial charge in [-0.2, -0.15) is 0 Å². The predicted molar refractivity (Wildman–Crippen MR) is 79.2 cm³/mol. The van der Waals surface area contributed by atoms with E-state index in [1.807, 2.05) is 18.2 Å². The van der Waals surface area contributed by atoms with E-state index in [4.69, 9.17) is 15.7 Å². The molecule has 5 heteroatoms. The topological polar surface area (TPSA) is 71.1 Å². The Morgan fingerprint density at radius 2 is 2.25 bits per heavy atom. The SMILES string of the molecule is COc1cc(CN2CC(C)CC2C)ccc1/C(N)=N/O. The third kappa shape index (κ3) is 3.04. The van der Waals surface area contributed by atoms with Crippen molar-refractivity contribution in [3.63, 3.8) is 0 Å². The van der Waals surface area contributed by atoms with Crippen molar-refractivity contribution >= 4 is 5.84 Å². The van der Waals surface area contributed by atoms with Gasteiger partial charge >= 0.3 is 0 Å². The predicted octanol–water partition coefficient (Wildman–Crippen LogP) is 2.02. The molecule has 2 atom stereocenters. The van der Waals surface area contributed by atoms with Crippen LogP contribution in [0.4, 0.5) is 0 Å². The molecule has 110 valence electrons. The first-order chi connectivity index (χ1) is 9.55. The van der Waals surface area contributed by atoms with Crippen molar-refractivity contribution in [1.29, 1.82) is 0 Å². The summed E-state index contributed by atoms with van der Waals surface area (Å²) < 4.78 is 5.33. The van der Waals surface area contributed by atoms with Crippen LogP contribution in [0.5, 0.6) is 5.75 Å². The number of oxime groups is 1. The van der Waals surface area contributed by atoms with E-state index in [0.717, 1.165) is 19.0 Å². The van der Waals surface area contributed by atoms with E-state index in [1.54, 1.807) is 7.11 Å². The lowest BCUT2D eigenvalue weighted by Gasteiger charge is -2.21. The Morgan fingerprint density at radius 3 is 2.80 bits per heavy atom. The average molecular weight is 277 g/mol. The lowest BCUT2D eigenvalue weighted by molar-refractivity contribution is 0.256. The van der Waals surface area contributed by atoms with E-state index in [1.165, 1.54) is 12.0 Å². The van der Waals surface area contributed by atoms with Crippen molar-refractivity contribution in [3.8, 4) is 5.75 Å². The van der Waals surface area contributed by atoms with Crippen molar-refractivity contribution < 1.29 is 9.94 Å². The molecule has 1 saturated heterocycles. The Bertz CT molecular complexity index is 502.